The zero-order valence-corrected chi connectivity index (χ0v) is 11.9. The minimum Gasteiger partial charge on any atom is -0.298 e. The van der Waals surface area contributed by atoms with Crippen LogP contribution in [-0.4, -0.2) is 14.7 Å². The fourth-order valence-electron chi connectivity index (χ4n) is 1.87. The number of carbonyl (C=O) groups excluding carboxylic acids is 1. The molecule has 19 heavy (non-hydrogen) atoms. The van der Waals surface area contributed by atoms with E-state index in [1.807, 2.05) is 0 Å². The molecular weight excluding hydrogens is 280 g/mol. The lowest BCUT2D eigenvalue weighted by Gasteiger charge is -2.12. The second kappa shape index (κ2) is 5.19. The molecule has 0 atom stereocenters. The van der Waals surface area contributed by atoms with Crippen LogP contribution >= 0.6 is 12.6 Å². The third kappa shape index (κ3) is 2.43. The van der Waals surface area contributed by atoms with Gasteiger partial charge in [-0.15, -0.1) is 12.6 Å². The van der Waals surface area contributed by atoms with Gasteiger partial charge in [-0.05, 0) is 36.8 Å². The summed E-state index contributed by atoms with van der Waals surface area (Å²) in [7, 11) is -3.72. The fraction of sp³-hybridized carbons (Fsp3) is 0.0714. The molecule has 0 amide bonds. The third-order valence-electron chi connectivity index (χ3n) is 2.86. The van der Waals surface area contributed by atoms with E-state index in [-0.39, 0.29) is 15.4 Å². The highest BCUT2D eigenvalue weighted by atomic mass is 32.2. The van der Waals surface area contributed by atoms with Gasteiger partial charge in [0, 0.05) is 10.5 Å². The zero-order chi connectivity index (χ0) is 14.0. The van der Waals surface area contributed by atoms with Crippen molar-refractivity contribution < 1.29 is 13.2 Å². The summed E-state index contributed by atoms with van der Waals surface area (Å²) in [5, 5.41) is 0. The summed E-state index contributed by atoms with van der Waals surface area (Å²) < 4.78 is 25.2. The van der Waals surface area contributed by atoms with Gasteiger partial charge in [0.25, 0.3) is 0 Å². The van der Waals surface area contributed by atoms with Gasteiger partial charge < -0.3 is 0 Å². The SMILES string of the molecule is Cc1c(S)ccc(C=O)c1S(=O)(=O)c1ccccc1. The van der Waals surface area contributed by atoms with Gasteiger partial charge >= 0.3 is 0 Å². The van der Waals surface area contributed by atoms with E-state index >= 15 is 0 Å². The van der Waals surface area contributed by atoms with Gasteiger partial charge in [-0.25, -0.2) is 8.42 Å². The molecule has 0 N–H and O–H groups in total. The van der Waals surface area contributed by atoms with Gasteiger partial charge in [0.15, 0.2) is 6.29 Å². The number of sulfone groups is 1. The lowest BCUT2D eigenvalue weighted by Crippen LogP contribution is -2.08. The largest absolute Gasteiger partial charge is 0.298 e. The van der Waals surface area contributed by atoms with Crippen molar-refractivity contribution in [3.05, 3.63) is 53.6 Å². The minimum absolute atomic E-state index is 0.0289. The van der Waals surface area contributed by atoms with Crippen LogP contribution in [0, 0.1) is 6.92 Å². The maximum absolute atomic E-state index is 12.6. The van der Waals surface area contributed by atoms with E-state index in [1.54, 1.807) is 31.2 Å². The lowest BCUT2D eigenvalue weighted by atomic mass is 10.1. The average molecular weight is 292 g/mol. The highest BCUT2D eigenvalue weighted by Crippen LogP contribution is 2.29. The summed E-state index contributed by atoms with van der Waals surface area (Å²) in [5.74, 6) is 0. The Morgan fingerprint density at radius 2 is 1.68 bits per heavy atom. The van der Waals surface area contributed by atoms with E-state index in [0.717, 1.165) is 0 Å². The Morgan fingerprint density at radius 1 is 1.05 bits per heavy atom. The molecule has 0 radical (unpaired) electrons. The second-order valence-electron chi connectivity index (χ2n) is 4.06. The molecule has 0 spiro atoms. The van der Waals surface area contributed by atoms with E-state index in [1.165, 1.54) is 18.2 Å². The topological polar surface area (TPSA) is 51.2 Å². The van der Waals surface area contributed by atoms with E-state index in [0.29, 0.717) is 16.7 Å². The highest BCUT2D eigenvalue weighted by Gasteiger charge is 2.24. The second-order valence-corrected chi connectivity index (χ2v) is 6.43. The molecule has 0 saturated heterocycles. The number of carbonyl (C=O) groups is 1. The maximum atomic E-state index is 12.6. The van der Waals surface area contributed by atoms with E-state index in [2.05, 4.69) is 12.6 Å². The molecule has 0 fully saturated rings. The molecule has 3 nitrogen and oxygen atoms in total. The summed E-state index contributed by atoms with van der Waals surface area (Å²) in [4.78, 5) is 11.8. The Bertz CT molecular complexity index is 720. The summed E-state index contributed by atoms with van der Waals surface area (Å²) >= 11 is 4.22. The van der Waals surface area contributed by atoms with Crippen LogP contribution < -0.4 is 0 Å². The summed E-state index contributed by atoms with van der Waals surface area (Å²) in [6, 6.07) is 11.1. The molecule has 0 heterocycles. The van der Waals surface area contributed by atoms with Crippen molar-refractivity contribution in [2.45, 2.75) is 21.6 Å². The Kier molecular flexibility index (Phi) is 3.78. The maximum Gasteiger partial charge on any atom is 0.207 e. The standard InChI is InChI=1S/C14H12O3S2/c1-10-13(18)8-7-11(9-15)14(10)19(16,17)12-5-3-2-4-6-12/h2-9,18H,1H3. The number of hydrogen-bond donors (Lipinski definition) is 1. The molecule has 2 rings (SSSR count). The van der Waals surface area contributed by atoms with E-state index in [4.69, 9.17) is 0 Å². The first-order valence-electron chi connectivity index (χ1n) is 5.56. The number of aldehydes is 1. The van der Waals surface area contributed by atoms with Crippen molar-refractivity contribution in [1.29, 1.82) is 0 Å². The predicted octanol–water partition coefficient (Wildman–Crippen LogP) is 2.93. The van der Waals surface area contributed by atoms with E-state index < -0.39 is 9.84 Å². The van der Waals surface area contributed by atoms with E-state index in [9.17, 15) is 13.2 Å². The zero-order valence-electron chi connectivity index (χ0n) is 10.2. The van der Waals surface area contributed by atoms with Gasteiger partial charge in [-0.2, -0.15) is 0 Å². The van der Waals surface area contributed by atoms with Crippen molar-refractivity contribution in [3.63, 3.8) is 0 Å². The normalized spacial score (nSPS) is 11.3. The Morgan fingerprint density at radius 3 is 2.26 bits per heavy atom. The molecule has 0 aliphatic carbocycles. The molecule has 5 heteroatoms. The first-order chi connectivity index (χ1) is 8.98. The Balaban J connectivity index is 2.78. The van der Waals surface area contributed by atoms with Crippen molar-refractivity contribution in [2.24, 2.45) is 0 Å². The highest BCUT2D eigenvalue weighted by molar-refractivity contribution is 7.91. The molecule has 0 saturated carbocycles. The van der Waals surface area contributed by atoms with Gasteiger partial charge in [-0.1, -0.05) is 18.2 Å². The summed E-state index contributed by atoms with van der Waals surface area (Å²) in [6.07, 6.45) is 0.552. The molecular formula is C14H12O3S2. The first-order valence-corrected chi connectivity index (χ1v) is 7.49. The number of thiol groups is 1. The number of hydrogen-bond acceptors (Lipinski definition) is 4. The number of benzene rings is 2. The van der Waals surface area contributed by atoms with Crippen LogP contribution in [0.2, 0.25) is 0 Å². The molecule has 2 aromatic carbocycles. The van der Waals surface area contributed by atoms with Crippen LogP contribution in [0.25, 0.3) is 0 Å². The van der Waals surface area contributed by atoms with Crippen LogP contribution in [0.15, 0.2) is 57.2 Å². The molecule has 98 valence electrons. The van der Waals surface area contributed by atoms with Crippen LogP contribution in [0.1, 0.15) is 15.9 Å². The quantitative estimate of drug-likeness (QED) is 0.699. The van der Waals surface area contributed by atoms with Crippen molar-refractivity contribution >= 4 is 28.8 Å². The van der Waals surface area contributed by atoms with Gasteiger partial charge in [0.1, 0.15) is 0 Å². The first kappa shape index (κ1) is 13.8. The van der Waals surface area contributed by atoms with Gasteiger partial charge in [0.05, 0.1) is 9.79 Å². The smallest absolute Gasteiger partial charge is 0.207 e. The Labute approximate surface area is 117 Å². The fourth-order valence-corrected chi connectivity index (χ4v) is 3.82. The van der Waals surface area contributed by atoms with Gasteiger partial charge in [0.2, 0.25) is 9.84 Å². The Hall–Kier alpha value is -1.59. The lowest BCUT2D eigenvalue weighted by molar-refractivity contribution is 0.112. The number of rotatable bonds is 3. The van der Waals surface area contributed by atoms with Crippen LogP contribution in [-0.2, 0) is 9.84 Å². The summed E-state index contributed by atoms with van der Waals surface area (Å²) in [6.45, 7) is 1.64. The summed E-state index contributed by atoms with van der Waals surface area (Å²) in [5.41, 5.74) is 0.635. The third-order valence-corrected chi connectivity index (χ3v) is 5.31. The molecule has 0 bridgehead atoms. The average Bonchev–Trinajstić information content (AvgIpc) is 2.42. The van der Waals surface area contributed by atoms with Crippen molar-refractivity contribution in [1.82, 2.24) is 0 Å². The van der Waals surface area contributed by atoms with Crippen LogP contribution in [0.5, 0.6) is 0 Å². The van der Waals surface area contributed by atoms with Crippen LogP contribution in [0.4, 0.5) is 0 Å². The molecule has 0 aliphatic rings. The minimum atomic E-state index is -3.72. The van der Waals surface area contributed by atoms with Gasteiger partial charge in [-0.3, -0.25) is 4.79 Å². The molecule has 2 aromatic rings. The molecule has 0 aliphatic heterocycles. The predicted molar refractivity (Wildman–Crippen MR) is 75.7 cm³/mol. The molecule has 0 unspecified atom stereocenters. The van der Waals surface area contributed by atoms with Crippen LogP contribution in [0.3, 0.4) is 0 Å². The monoisotopic (exact) mass is 292 g/mol. The van der Waals surface area contributed by atoms with Crippen molar-refractivity contribution in [2.75, 3.05) is 0 Å². The molecule has 0 aromatic heterocycles. The van der Waals surface area contributed by atoms with Crippen molar-refractivity contribution in [3.8, 4) is 0 Å².